The fourth-order valence-corrected chi connectivity index (χ4v) is 2.17. The fraction of sp³-hybridized carbons (Fsp3) is 0.385. The molecular formula is C13H12ClN5. The van der Waals surface area contributed by atoms with E-state index < -0.39 is 0 Å². The predicted molar refractivity (Wildman–Crippen MR) is 70.3 cm³/mol. The fourth-order valence-electron chi connectivity index (χ4n) is 2.03. The summed E-state index contributed by atoms with van der Waals surface area (Å²) in [7, 11) is 0. The number of nitriles is 1. The third-order valence-electron chi connectivity index (χ3n) is 3.25. The largest absolute Gasteiger partial charge is 0.255 e. The van der Waals surface area contributed by atoms with Crippen LogP contribution in [0.1, 0.15) is 25.3 Å². The summed E-state index contributed by atoms with van der Waals surface area (Å²) < 4.78 is 1.71. The van der Waals surface area contributed by atoms with Crippen molar-refractivity contribution in [3.8, 4) is 17.3 Å². The summed E-state index contributed by atoms with van der Waals surface area (Å²) in [4.78, 5) is 7.98. The highest BCUT2D eigenvalue weighted by Crippen LogP contribution is 2.36. The number of hydrogen-bond acceptors (Lipinski definition) is 4. The molecule has 0 saturated heterocycles. The van der Waals surface area contributed by atoms with Gasteiger partial charge in [-0.3, -0.25) is 4.68 Å². The van der Waals surface area contributed by atoms with Gasteiger partial charge in [0.15, 0.2) is 0 Å². The first-order valence-electron chi connectivity index (χ1n) is 6.19. The highest BCUT2D eigenvalue weighted by atomic mass is 35.5. The van der Waals surface area contributed by atoms with Crippen molar-refractivity contribution in [3.05, 3.63) is 29.9 Å². The molecule has 0 bridgehead atoms. The number of nitrogens with zero attached hydrogens (tertiary/aromatic N) is 5. The minimum atomic E-state index is -0.196. The molecule has 0 N–H and O–H groups in total. The van der Waals surface area contributed by atoms with Crippen LogP contribution >= 0.6 is 11.6 Å². The molecule has 0 amide bonds. The maximum absolute atomic E-state index is 9.22. The van der Waals surface area contributed by atoms with E-state index in [9.17, 15) is 5.26 Å². The lowest BCUT2D eigenvalue weighted by atomic mass is 10.1. The molecule has 2 aromatic heterocycles. The second kappa shape index (κ2) is 4.98. The van der Waals surface area contributed by atoms with Crippen LogP contribution in [0.3, 0.4) is 0 Å². The third kappa shape index (κ3) is 2.74. The van der Waals surface area contributed by atoms with Crippen molar-refractivity contribution in [1.82, 2.24) is 19.7 Å². The molecule has 19 heavy (non-hydrogen) atoms. The average molecular weight is 274 g/mol. The van der Waals surface area contributed by atoms with Gasteiger partial charge in [0.2, 0.25) is 5.28 Å². The van der Waals surface area contributed by atoms with E-state index in [1.54, 1.807) is 23.1 Å². The Morgan fingerprint density at radius 1 is 1.53 bits per heavy atom. The maximum atomic E-state index is 9.22. The number of rotatable bonds is 4. The van der Waals surface area contributed by atoms with Gasteiger partial charge in [0, 0.05) is 18.0 Å². The maximum Gasteiger partial charge on any atom is 0.222 e. The Hall–Kier alpha value is -1.93. The number of aromatic nitrogens is 4. The van der Waals surface area contributed by atoms with Crippen molar-refractivity contribution >= 4 is 11.6 Å². The van der Waals surface area contributed by atoms with Gasteiger partial charge >= 0.3 is 0 Å². The molecule has 1 fully saturated rings. The molecule has 0 radical (unpaired) electrons. The van der Waals surface area contributed by atoms with Crippen LogP contribution in [0.2, 0.25) is 5.28 Å². The summed E-state index contributed by atoms with van der Waals surface area (Å²) in [5, 5.41) is 13.7. The summed E-state index contributed by atoms with van der Waals surface area (Å²) >= 11 is 5.77. The zero-order chi connectivity index (χ0) is 13.2. The predicted octanol–water partition coefficient (Wildman–Crippen LogP) is 2.86. The van der Waals surface area contributed by atoms with E-state index in [0.29, 0.717) is 5.92 Å². The van der Waals surface area contributed by atoms with Crippen LogP contribution in [0.5, 0.6) is 0 Å². The number of hydrogen-bond donors (Lipinski definition) is 0. The Balaban J connectivity index is 1.84. The Labute approximate surface area is 115 Å². The first-order valence-corrected chi connectivity index (χ1v) is 6.57. The van der Waals surface area contributed by atoms with E-state index in [-0.39, 0.29) is 11.3 Å². The molecule has 3 rings (SSSR count). The van der Waals surface area contributed by atoms with Crippen molar-refractivity contribution in [2.24, 2.45) is 5.92 Å². The Bertz CT molecular complexity index is 626. The van der Waals surface area contributed by atoms with Gasteiger partial charge in [-0.1, -0.05) is 12.8 Å². The van der Waals surface area contributed by atoms with E-state index in [1.807, 2.05) is 6.20 Å². The van der Waals surface area contributed by atoms with Gasteiger partial charge in [0.25, 0.3) is 0 Å². The highest BCUT2D eigenvalue weighted by Gasteiger charge is 2.26. The summed E-state index contributed by atoms with van der Waals surface area (Å²) in [5.41, 5.74) is 1.56. The molecule has 0 spiro atoms. The zero-order valence-electron chi connectivity index (χ0n) is 10.2. The van der Waals surface area contributed by atoms with Crippen LogP contribution in [-0.4, -0.2) is 19.7 Å². The smallest absolute Gasteiger partial charge is 0.222 e. The molecule has 5 nitrogen and oxygen atoms in total. The monoisotopic (exact) mass is 273 g/mol. The van der Waals surface area contributed by atoms with E-state index >= 15 is 0 Å². The lowest BCUT2D eigenvalue weighted by Crippen LogP contribution is -2.08. The van der Waals surface area contributed by atoms with Crippen molar-refractivity contribution in [2.45, 2.75) is 25.3 Å². The van der Waals surface area contributed by atoms with Gasteiger partial charge in [0.1, 0.15) is 6.04 Å². The summed E-state index contributed by atoms with van der Waals surface area (Å²) in [5.74, 6) is 0.686. The van der Waals surface area contributed by atoms with E-state index in [0.717, 1.165) is 17.7 Å². The van der Waals surface area contributed by atoms with Crippen LogP contribution in [0.25, 0.3) is 11.3 Å². The van der Waals surface area contributed by atoms with Gasteiger partial charge in [-0.15, -0.1) is 0 Å². The summed E-state index contributed by atoms with van der Waals surface area (Å²) in [6.45, 7) is 0. The molecular weight excluding hydrogens is 262 g/mol. The van der Waals surface area contributed by atoms with Crippen molar-refractivity contribution in [1.29, 1.82) is 5.26 Å². The molecule has 1 saturated carbocycles. The van der Waals surface area contributed by atoms with Crippen LogP contribution < -0.4 is 0 Å². The third-order valence-corrected chi connectivity index (χ3v) is 3.43. The minimum Gasteiger partial charge on any atom is -0.255 e. The standard InChI is InChI=1S/C13H12ClN5/c14-13-16-4-3-12(18-13)10-7-17-19(8-10)11(6-15)5-9-1-2-9/h3-4,7-9,11H,1-2,5H2. The normalized spacial score (nSPS) is 16.0. The highest BCUT2D eigenvalue weighted by molar-refractivity contribution is 6.28. The van der Waals surface area contributed by atoms with E-state index in [4.69, 9.17) is 11.6 Å². The molecule has 1 aliphatic carbocycles. The zero-order valence-corrected chi connectivity index (χ0v) is 11.0. The van der Waals surface area contributed by atoms with E-state index in [2.05, 4.69) is 21.1 Å². The number of halogens is 1. The van der Waals surface area contributed by atoms with Gasteiger partial charge in [-0.05, 0) is 30.0 Å². The molecule has 6 heteroatoms. The van der Waals surface area contributed by atoms with E-state index in [1.165, 1.54) is 12.8 Å². The molecule has 1 atom stereocenters. The SMILES string of the molecule is N#CC(CC1CC1)n1cc(-c2ccnc(Cl)n2)cn1. The van der Waals surface area contributed by atoms with Crippen molar-refractivity contribution in [2.75, 3.05) is 0 Å². The van der Waals surface area contributed by atoms with Crippen molar-refractivity contribution in [3.63, 3.8) is 0 Å². The lowest BCUT2D eigenvalue weighted by Gasteiger charge is -2.07. The van der Waals surface area contributed by atoms with Crippen LogP contribution in [0, 0.1) is 17.2 Å². The molecule has 2 aromatic rings. The Morgan fingerprint density at radius 2 is 2.37 bits per heavy atom. The second-order valence-corrected chi connectivity index (χ2v) is 5.08. The molecule has 0 aliphatic heterocycles. The van der Waals surface area contributed by atoms with Gasteiger partial charge in [-0.2, -0.15) is 10.4 Å². The van der Waals surface area contributed by atoms with Crippen LogP contribution in [0.15, 0.2) is 24.7 Å². The molecule has 96 valence electrons. The topological polar surface area (TPSA) is 67.4 Å². The average Bonchev–Trinajstić information content (AvgIpc) is 3.10. The van der Waals surface area contributed by atoms with Gasteiger partial charge in [0.05, 0.1) is 18.0 Å². The van der Waals surface area contributed by atoms with Gasteiger partial charge in [-0.25, -0.2) is 9.97 Å². The molecule has 1 aliphatic rings. The van der Waals surface area contributed by atoms with Crippen LogP contribution in [0.4, 0.5) is 0 Å². The lowest BCUT2D eigenvalue weighted by molar-refractivity contribution is 0.486. The Morgan fingerprint density at radius 3 is 3.05 bits per heavy atom. The summed E-state index contributed by atoms with van der Waals surface area (Å²) in [6.07, 6.45) is 8.49. The molecule has 0 aromatic carbocycles. The summed E-state index contributed by atoms with van der Waals surface area (Å²) in [6, 6.07) is 3.89. The first-order chi connectivity index (χ1) is 9.26. The Kier molecular flexibility index (Phi) is 3.18. The van der Waals surface area contributed by atoms with Crippen LogP contribution in [-0.2, 0) is 0 Å². The quantitative estimate of drug-likeness (QED) is 0.803. The molecule has 1 unspecified atom stereocenters. The first kappa shape index (κ1) is 12.1. The minimum absolute atomic E-state index is 0.196. The van der Waals surface area contributed by atoms with Crippen molar-refractivity contribution < 1.29 is 0 Å². The van der Waals surface area contributed by atoms with Gasteiger partial charge < -0.3 is 0 Å². The second-order valence-electron chi connectivity index (χ2n) is 4.74. The molecule has 2 heterocycles.